The summed E-state index contributed by atoms with van der Waals surface area (Å²) in [6.45, 7) is -0.580. The van der Waals surface area contributed by atoms with Crippen LogP contribution in [-0.2, 0) is 4.74 Å². The molecule has 1 saturated carbocycles. The maximum atomic E-state index is 15.2. The second-order valence-electron chi connectivity index (χ2n) is 6.24. The quantitative estimate of drug-likeness (QED) is 0.548. The van der Waals surface area contributed by atoms with Crippen molar-refractivity contribution in [3.8, 4) is 12.3 Å². The van der Waals surface area contributed by atoms with E-state index in [-0.39, 0.29) is 11.6 Å². The molecule has 0 unspecified atom stereocenters. The fourth-order valence-corrected chi connectivity index (χ4v) is 2.95. The van der Waals surface area contributed by atoms with Crippen molar-refractivity contribution >= 4 is 22.9 Å². The maximum absolute atomic E-state index is 15.2. The molecule has 0 amide bonds. The summed E-state index contributed by atoms with van der Waals surface area (Å²) in [5.74, 6) is 2.37. The zero-order valence-corrected chi connectivity index (χ0v) is 13.1. The molecule has 1 saturated heterocycles. The van der Waals surface area contributed by atoms with Crippen LogP contribution in [0.15, 0.2) is 6.33 Å². The average Bonchev–Trinajstić information content (AvgIpc) is 3.26. The van der Waals surface area contributed by atoms with E-state index >= 15 is 4.39 Å². The predicted molar refractivity (Wildman–Crippen MR) is 86.1 cm³/mol. The molecule has 2 aromatic heterocycles. The summed E-state index contributed by atoms with van der Waals surface area (Å²) in [6, 6.07) is 0.303. The number of alkyl halides is 1. The molecule has 2 fully saturated rings. The minimum Gasteiger partial charge on any atom is -0.394 e. The third-order valence-corrected chi connectivity index (χ3v) is 4.46. The van der Waals surface area contributed by atoms with Gasteiger partial charge in [0.1, 0.15) is 12.2 Å². The first-order valence-corrected chi connectivity index (χ1v) is 7.85. The highest BCUT2D eigenvalue weighted by Gasteiger charge is 2.57. The standard InChI is InChI=1S/C15H17FN6O3/c1-2-15(16)10(24)8(5-23)25-13(15)22-6-18-9-11(19-7-3-4-7)20-14(17)21-12(9)22/h1,6-8,10,13,23-24H,3-5H2,(H3,17,19,20,21)/t8-,10-,13-,15-/m1/s1. The second kappa shape index (κ2) is 5.52. The van der Waals surface area contributed by atoms with E-state index in [0.717, 1.165) is 12.8 Å². The van der Waals surface area contributed by atoms with Gasteiger partial charge in [-0.1, -0.05) is 5.92 Å². The number of anilines is 2. The monoisotopic (exact) mass is 348 g/mol. The minimum absolute atomic E-state index is 0.0141. The van der Waals surface area contributed by atoms with Crippen molar-refractivity contribution in [3.05, 3.63) is 6.33 Å². The lowest BCUT2D eigenvalue weighted by Crippen LogP contribution is -2.42. The number of hydrogen-bond acceptors (Lipinski definition) is 8. The lowest BCUT2D eigenvalue weighted by molar-refractivity contribution is -0.0504. The summed E-state index contributed by atoms with van der Waals surface area (Å²) >= 11 is 0. The summed E-state index contributed by atoms with van der Waals surface area (Å²) in [5, 5.41) is 22.6. The van der Waals surface area contributed by atoms with Crippen LogP contribution in [-0.4, -0.2) is 60.3 Å². The number of aliphatic hydroxyl groups excluding tert-OH is 2. The Bertz CT molecular complexity index is 863. The number of nitrogens with zero attached hydrogens (tertiary/aromatic N) is 4. The molecular weight excluding hydrogens is 331 g/mol. The molecular formula is C15H17FN6O3. The van der Waals surface area contributed by atoms with E-state index in [9.17, 15) is 10.2 Å². The number of nitrogen functional groups attached to an aromatic ring is 1. The number of terminal acetylenes is 1. The molecule has 10 heteroatoms. The largest absolute Gasteiger partial charge is 0.394 e. The van der Waals surface area contributed by atoms with E-state index < -0.39 is 30.7 Å². The molecule has 1 aliphatic carbocycles. The van der Waals surface area contributed by atoms with Gasteiger partial charge in [-0.3, -0.25) is 4.57 Å². The molecule has 2 aromatic rings. The van der Waals surface area contributed by atoms with Crippen LogP contribution in [0.25, 0.3) is 11.2 Å². The van der Waals surface area contributed by atoms with Crippen LogP contribution in [0.5, 0.6) is 0 Å². The van der Waals surface area contributed by atoms with Crippen LogP contribution in [0.4, 0.5) is 16.2 Å². The number of halogens is 1. The molecule has 4 rings (SSSR count). The molecule has 4 atom stereocenters. The molecule has 0 bridgehead atoms. The van der Waals surface area contributed by atoms with Gasteiger partial charge in [0, 0.05) is 6.04 Å². The SMILES string of the molecule is C#C[C@@]1(F)[C@H](O)[C@@H](CO)O[C@H]1n1cnc2c(NC3CC3)nc(N)nc21. The molecule has 2 aliphatic rings. The van der Waals surface area contributed by atoms with Gasteiger partial charge in [-0.15, -0.1) is 6.42 Å². The van der Waals surface area contributed by atoms with E-state index in [1.165, 1.54) is 10.9 Å². The van der Waals surface area contributed by atoms with Gasteiger partial charge in [0.25, 0.3) is 0 Å². The molecule has 3 heterocycles. The third kappa shape index (κ3) is 2.39. The highest BCUT2D eigenvalue weighted by molar-refractivity contribution is 5.84. The Hall–Kier alpha value is -2.48. The molecule has 9 nitrogen and oxygen atoms in total. The smallest absolute Gasteiger partial charge is 0.243 e. The number of nitrogens with one attached hydrogen (secondary N) is 1. The molecule has 0 radical (unpaired) electrons. The van der Waals surface area contributed by atoms with Crippen molar-refractivity contribution < 1.29 is 19.3 Å². The maximum Gasteiger partial charge on any atom is 0.243 e. The van der Waals surface area contributed by atoms with Gasteiger partial charge in [0.15, 0.2) is 23.2 Å². The zero-order chi connectivity index (χ0) is 17.8. The Kier molecular flexibility index (Phi) is 3.54. The fraction of sp³-hybridized carbons (Fsp3) is 0.533. The van der Waals surface area contributed by atoms with Crippen molar-refractivity contribution in [2.24, 2.45) is 0 Å². The lowest BCUT2D eigenvalue weighted by Gasteiger charge is -2.23. The van der Waals surface area contributed by atoms with Crippen molar-refractivity contribution in [1.82, 2.24) is 19.5 Å². The van der Waals surface area contributed by atoms with Crippen LogP contribution in [0.1, 0.15) is 19.1 Å². The Morgan fingerprint density at radius 3 is 2.92 bits per heavy atom. The normalized spacial score (nSPS) is 32.0. The lowest BCUT2D eigenvalue weighted by atomic mass is 9.97. The van der Waals surface area contributed by atoms with Gasteiger partial charge >= 0.3 is 0 Å². The Morgan fingerprint density at radius 2 is 2.28 bits per heavy atom. The summed E-state index contributed by atoms with van der Waals surface area (Å²) in [5.41, 5.74) is 3.83. The summed E-state index contributed by atoms with van der Waals surface area (Å²) in [6.07, 6.45) is 4.39. The number of fused-ring (bicyclic) bond motifs is 1. The molecule has 1 aliphatic heterocycles. The first-order chi connectivity index (χ1) is 12.0. The van der Waals surface area contributed by atoms with E-state index in [2.05, 4.69) is 20.3 Å². The number of hydrogen-bond donors (Lipinski definition) is 4. The molecule has 25 heavy (non-hydrogen) atoms. The van der Waals surface area contributed by atoms with Crippen LogP contribution in [0, 0.1) is 12.3 Å². The third-order valence-electron chi connectivity index (χ3n) is 4.46. The van der Waals surface area contributed by atoms with Gasteiger partial charge < -0.3 is 26.0 Å². The highest BCUT2D eigenvalue weighted by Crippen LogP contribution is 2.42. The van der Waals surface area contributed by atoms with Crippen molar-refractivity contribution in [3.63, 3.8) is 0 Å². The summed E-state index contributed by atoms with van der Waals surface area (Å²) in [4.78, 5) is 12.5. The highest BCUT2D eigenvalue weighted by atomic mass is 19.1. The van der Waals surface area contributed by atoms with E-state index in [1.54, 1.807) is 0 Å². The van der Waals surface area contributed by atoms with Gasteiger partial charge in [-0.2, -0.15) is 9.97 Å². The number of aliphatic hydroxyl groups is 2. The van der Waals surface area contributed by atoms with Crippen LogP contribution < -0.4 is 11.1 Å². The average molecular weight is 348 g/mol. The second-order valence-corrected chi connectivity index (χ2v) is 6.24. The van der Waals surface area contributed by atoms with Crippen molar-refractivity contribution in [2.45, 2.75) is 43.0 Å². The van der Waals surface area contributed by atoms with E-state index in [4.69, 9.17) is 16.9 Å². The molecule has 0 spiro atoms. The van der Waals surface area contributed by atoms with Crippen LogP contribution in [0.3, 0.4) is 0 Å². The molecule has 5 N–H and O–H groups in total. The Labute approximate surface area is 142 Å². The zero-order valence-electron chi connectivity index (χ0n) is 13.1. The van der Waals surface area contributed by atoms with Gasteiger partial charge in [0.2, 0.25) is 11.6 Å². The first-order valence-electron chi connectivity index (χ1n) is 7.85. The first kappa shape index (κ1) is 16.0. The van der Waals surface area contributed by atoms with E-state index in [0.29, 0.717) is 17.4 Å². The molecule has 132 valence electrons. The van der Waals surface area contributed by atoms with Gasteiger partial charge in [-0.25, -0.2) is 9.37 Å². The minimum atomic E-state index is -2.55. The summed E-state index contributed by atoms with van der Waals surface area (Å²) < 4.78 is 21.9. The Balaban J connectivity index is 1.81. The fourth-order valence-electron chi connectivity index (χ4n) is 2.95. The van der Waals surface area contributed by atoms with Crippen molar-refractivity contribution in [2.75, 3.05) is 17.7 Å². The van der Waals surface area contributed by atoms with Gasteiger partial charge in [-0.05, 0) is 12.8 Å². The topological polar surface area (TPSA) is 131 Å². The Morgan fingerprint density at radius 1 is 1.52 bits per heavy atom. The number of imidazole rings is 1. The number of rotatable bonds is 4. The number of aromatic nitrogens is 4. The van der Waals surface area contributed by atoms with Gasteiger partial charge in [0.05, 0.1) is 12.9 Å². The predicted octanol–water partition coefficient (Wildman–Crippen LogP) is -0.425. The van der Waals surface area contributed by atoms with Crippen LogP contribution >= 0.6 is 0 Å². The summed E-state index contributed by atoms with van der Waals surface area (Å²) in [7, 11) is 0. The number of nitrogens with two attached hydrogens (primary N) is 1. The van der Waals surface area contributed by atoms with Crippen LogP contribution in [0.2, 0.25) is 0 Å². The van der Waals surface area contributed by atoms with E-state index in [1.807, 2.05) is 5.92 Å². The number of ether oxygens (including phenoxy) is 1. The molecule has 0 aromatic carbocycles. The van der Waals surface area contributed by atoms with Crippen molar-refractivity contribution in [1.29, 1.82) is 0 Å².